The summed E-state index contributed by atoms with van der Waals surface area (Å²) in [7, 11) is 0. The number of ether oxygens (including phenoxy) is 3. The first-order valence-corrected chi connectivity index (χ1v) is 36.1. The first-order chi connectivity index (χ1) is 40.0. The molecule has 0 aromatic rings. The smallest absolute Gasteiger partial charge is 0.306 e. The first-order valence-electron chi connectivity index (χ1n) is 36.1. The highest BCUT2D eigenvalue weighted by molar-refractivity contribution is 5.71. The van der Waals surface area contributed by atoms with Gasteiger partial charge in [0.05, 0.1) is 0 Å². The molecular formula is C75H138O6. The molecule has 0 bridgehead atoms. The minimum Gasteiger partial charge on any atom is -0.462 e. The topological polar surface area (TPSA) is 78.9 Å². The van der Waals surface area contributed by atoms with Gasteiger partial charge in [-0.3, -0.25) is 14.4 Å². The van der Waals surface area contributed by atoms with Crippen LogP contribution in [0.4, 0.5) is 0 Å². The Kier molecular flexibility index (Phi) is 67.6. The predicted molar refractivity (Wildman–Crippen MR) is 353 cm³/mol. The van der Waals surface area contributed by atoms with Gasteiger partial charge in [-0.1, -0.05) is 365 Å². The Labute approximate surface area is 505 Å². The summed E-state index contributed by atoms with van der Waals surface area (Å²) in [5, 5.41) is 0. The van der Waals surface area contributed by atoms with Crippen LogP contribution >= 0.6 is 0 Å². The molecule has 0 radical (unpaired) electrons. The highest BCUT2D eigenvalue weighted by Gasteiger charge is 2.19. The van der Waals surface area contributed by atoms with E-state index in [0.717, 1.165) is 89.9 Å². The number of carbonyl (C=O) groups is 3. The Morgan fingerprint density at radius 2 is 0.481 bits per heavy atom. The Morgan fingerprint density at radius 1 is 0.259 bits per heavy atom. The van der Waals surface area contributed by atoms with E-state index in [1.54, 1.807) is 0 Å². The average molecular weight is 1140 g/mol. The lowest BCUT2D eigenvalue weighted by atomic mass is 10.0. The van der Waals surface area contributed by atoms with Crippen molar-refractivity contribution in [3.8, 4) is 0 Å². The molecule has 474 valence electrons. The van der Waals surface area contributed by atoms with Crippen molar-refractivity contribution in [2.24, 2.45) is 0 Å². The molecule has 0 aliphatic carbocycles. The van der Waals surface area contributed by atoms with Crippen LogP contribution < -0.4 is 0 Å². The Balaban J connectivity index is 4.32. The molecule has 0 aliphatic rings. The molecule has 0 heterocycles. The first kappa shape index (κ1) is 78.4. The van der Waals surface area contributed by atoms with E-state index in [4.69, 9.17) is 14.2 Å². The Hall–Kier alpha value is -2.63. The molecule has 0 aliphatic heterocycles. The van der Waals surface area contributed by atoms with Gasteiger partial charge in [-0.15, -0.1) is 0 Å². The molecular weight excluding hydrogens is 997 g/mol. The fourth-order valence-electron chi connectivity index (χ4n) is 11.0. The normalized spacial score (nSPS) is 12.3. The van der Waals surface area contributed by atoms with Crippen LogP contribution in [-0.4, -0.2) is 37.2 Å². The number of allylic oxidation sites excluding steroid dienone is 8. The number of carbonyl (C=O) groups excluding carboxylic acids is 3. The molecule has 6 nitrogen and oxygen atoms in total. The summed E-state index contributed by atoms with van der Waals surface area (Å²) in [6, 6.07) is 0. The lowest BCUT2D eigenvalue weighted by Crippen LogP contribution is -2.30. The van der Waals surface area contributed by atoms with Crippen LogP contribution in [0.25, 0.3) is 0 Å². The Bertz CT molecular complexity index is 1400. The van der Waals surface area contributed by atoms with Gasteiger partial charge in [0.25, 0.3) is 0 Å². The summed E-state index contributed by atoms with van der Waals surface area (Å²) < 4.78 is 17.0. The summed E-state index contributed by atoms with van der Waals surface area (Å²) in [4.78, 5) is 38.5. The van der Waals surface area contributed by atoms with E-state index in [2.05, 4.69) is 69.4 Å². The Morgan fingerprint density at radius 3 is 0.753 bits per heavy atom. The third-order valence-corrected chi connectivity index (χ3v) is 16.3. The van der Waals surface area contributed by atoms with Crippen molar-refractivity contribution in [2.45, 2.75) is 399 Å². The fraction of sp³-hybridized carbons (Fsp3) is 0.853. The number of hydrogen-bond donors (Lipinski definition) is 0. The van der Waals surface area contributed by atoms with E-state index in [1.165, 1.54) is 263 Å². The van der Waals surface area contributed by atoms with Gasteiger partial charge in [0.1, 0.15) is 13.2 Å². The van der Waals surface area contributed by atoms with Crippen LogP contribution in [0.2, 0.25) is 0 Å². The SMILES string of the molecule is CC/C=C\C/C=C\C/C=C\C/C=C\CCCCCCCCCCC(=O)OC(COC(=O)CCCCCCCCCCCCCCCCCCCCC)COC(=O)CCCCCCCCCCCCCCCCCCCCCCCCC. The highest BCUT2D eigenvalue weighted by Crippen LogP contribution is 2.19. The van der Waals surface area contributed by atoms with E-state index in [9.17, 15) is 14.4 Å². The summed E-state index contributed by atoms with van der Waals surface area (Å²) in [5.41, 5.74) is 0. The maximum Gasteiger partial charge on any atom is 0.306 e. The molecule has 0 rings (SSSR count). The van der Waals surface area contributed by atoms with Crippen LogP contribution in [0.5, 0.6) is 0 Å². The highest BCUT2D eigenvalue weighted by atomic mass is 16.6. The molecule has 6 heteroatoms. The zero-order chi connectivity index (χ0) is 58.5. The molecule has 0 spiro atoms. The average Bonchev–Trinajstić information content (AvgIpc) is 3.47. The summed E-state index contributed by atoms with van der Waals surface area (Å²) in [6.07, 6.45) is 88.5. The van der Waals surface area contributed by atoms with Crippen LogP contribution in [0.15, 0.2) is 48.6 Å². The molecule has 1 atom stereocenters. The largest absolute Gasteiger partial charge is 0.462 e. The van der Waals surface area contributed by atoms with Gasteiger partial charge in [-0.2, -0.15) is 0 Å². The molecule has 0 fully saturated rings. The van der Waals surface area contributed by atoms with Gasteiger partial charge >= 0.3 is 17.9 Å². The maximum absolute atomic E-state index is 13.0. The van der Waals surface area contributed by atoms with Crippen molar-refractivity contribution < 1.29 is 28.6 Å². The minimum absolute atomic E-state index is 0.0707. The monoisotopic (exact) mass is 1140 g/mol. The van der Waals surface area contributed by atoms with E-state index in [1.807, 2.05) is 0 Å². The number of hydrogen-bond acceptors (Lipinski definition) is 6. The van der Waals surface area contributed by atoms with Crippen molar-refractivity contribution in [3.63, 3.8) is 0 Å². The van der Waals surface area contributed by atoms with E-state index < -0.39 is 6.10 Å². The van der Waals surface area contributed by atoms with Crippen molar-refractivity contribution in [3.05, 3.63) is 48.6 Å². The van der Waals surface area contributed by atoms with Crippen molar-refractivity contribution in [1.29, 1.82) is 0 Å². The summed E-state index contributed by atoms with van der Waals surface area (Å²) >= 11 is 0. The molecule has 0 amide bonds. The van der Waals surface area contributed by atoms with Crippen LogP contribution in [-0.2, 0) is 28.6 Å². The van der Waals surface area contributed by atoms with Gasteiger partial charge < -0.3 is 14.2 Å². The zero-order valence-corrected chi connectivity index (χ0v) is 54.6. The van der Waals surface area contributed by atoms with Crippen molar-refractivity contribution >= 4 is 17.9 Å². The van der Waals surface area contributed by atoms with E-state index >= 15 is 0 Å². The van der Waals surface area contributed by atoms with Gasteiger partial charge in [0.15, 0.2) is 6.10 Å². The van der Waals surface area contributed by atoms with Crippen LogP contribution in [0.3, 0.4) is 0 Å². The van der Waals surface area contributed by atoms with Crippen molar-refractivity contribution in [2.75, 3.05) is 13.2 Å². The molecule has 0 saturated carbocycles. The lowest BCUT2D eigenvalue weighted by molar-refractivity contribution is -0.167. The molecule has 1 unspecified atom stereocenters. The van der Waals surface area contributed by atoms with Gasteiger partial charge in [0.2, 0.25) is 0 Å². The molecule has 81 heavy (non-hydrogen) atoms. The van der Waals surface area contributed by atoms with Crippen LogP contribution in [0.1, 0.15) is 393 Å². The summed E-state index contributed by atoms with van der Waals surface area (Å²) in [6.45, 7) is 6.61. The molecule has 0 saturated heterocycles. The number of rotatable bonds is 67. The van der Waals surface area contributed by atoms with Crippen LogP contribution in [0, 0.1) is 0 Å². The zero-order valence-electron chi connectivity index (χ0n) is 54.6. The molecule has 0 aromatic heterocycles. The minimum atomic E-state index is -0.776. The van der Waals surface area contributed by atoms with Crippen molar-refractivity contribution in [1.82, 2.24) is 0 Å². The molecule has 0 aromatic carbocycles. The van der Waals surface area contributed by atoms with E-state index in [0.29, 0.717) is 19.3 Å². The second-order valence-corrected chi connectivity index (χ2v) is 24.5. The lowest BCUT2D eigenvalue weighted by Gasteiger charge is -2.18. The second-order valence-electron chi connectivity index (χ2n) is 24.5. The fourth-order valence-corrected chi connectivity index (χ4v) is 11.0. The third-order valence-electron chi connectivity index (χ3n) is 16.3. The number of esters is 3. The summed E-state index contributed by atoms with van der Waals surface area (Å²) in [5.74, 6) is -0.847. The number of unbranched alkanes of at least 4 members (excludes halogenated alkanes) is 48. The predicted octanol–water partition coefficient (Wildman–Crippen LogP) is 24.9. The van der Waals surface area contributed by atoms with E-state index in [-0.39, 0.29) is 31.1 Å². The quantitative estimate of drug-likeness (QED) is 0.0261. The standard InChI is InChI=1S/C75H138O6/c1-4-7-10-13-16-19-22-25-28-31-34-36-37-39-41-44-47-50-53-56-59-62-65-68-74(77)80-71-72(70-79-73(76)67-64-61-58-55-52-49-46-43-40-33-30-27-24-21-18-15-12-9-6-3)81-75(78)69-66-63-60-57-54-51-48-45-42-38-35-32-29-26-23-20-17-14-11-8-5-2/h8,11,17,20,26,29,35,38,72H,4-7,9-10,12-16,18-19,21-25,27-28,30-34,36-37,39-71H2,1-3H3/b11-8-,20-17-,29-26-,38-35-. The molecule has 0 N–H and O–H groups in total. The van der Waals surface area contributed by atoms with Gasteiger partial charge in [-0.25, -0.2) is 0 Å². The second kappa shape index (κ2) is 69.9. The van der Waals surface area contributed by atoms with Gasteiger partial charge in [-0.05, 0) is 57.8 Å². The maximum atomic E-state index is 13.0. The van der Waals surface area contributed by atoms with Gasteiger partial charge in [0, 0.05) is 19.3 Å². The third kappa shape index (κ3) is 68.0.